The Kier molecular flexibility index (Phi) is 2.98. The van der Waals surface area contributed by atoms with Crippen LogP contribution in [0.1, 0.15) is 13.8 Å². The van der Waals surface area contributed by atoms with E-state index < -0.39 is 5.60 Å². The number of aromatic nitrogens is 2. The highest BCUT2D eigenvalue weighted by molar-refractivity contribution is 5.75. The monoisotopic (exact) mass is 231 g/mol. The van der Waals surface area contributed by atoms with Crippen molar-refractivity contribution in [2.75, 3.05) is 18.5 Å². The van der Waals surface area contributed by atoms with E-state index in [1.54, 1.807) is 20.0 Å². The Hall–Kier alpha value is -1.68. The molecular weight excluding hydrogens is 214 g/mol. The molecule has 90 valence electrons. The van der Waals surface area contributed by atoms with Gasteiger partial charge in [0.2, 0.25) is 0 Å². The molecule has 0 unspecified atom stereocenters. The summed E-state index contributed by atoms with van der Waals surface area (Å²) < 4.78 is 0. The maximum atomic E-state index is 9.77. The molecule has 0 amide bonds. The molecule has 0 atom stereocenters. The van der Waals surface area contributed by atoms with E-state index in [9.17, 15) is 5.11 Å². The van der Waals surface area contributed by atoms with E-state index in [1.165, 1.54) is 0 Å². The lowest BCUT2D eigenvalue weighted by molar-refractivity contribution is 0.0884. The molecule has 1 N–H and O–H groups in total. The van der Waals surface area contributed by atoms with Crippen molar-refractivity contribution >= 4 is 16.9 Å². The Morgan fingerprint density at radius 2 is 1.88 bits per heavy atom. The van der Waals surface area contributed by atoms with Crippen molar-refractivity contribution in [2.24, 2.45) is 0 Å². The van der Waals surface area contributed by atoms with Crippen LogP contribution in [0, 0.1) is 0 Å². The molecule has 2 aromatic rings. The molecule has 1 heterocycles. The summed E-state index contributed by atoms with van der Waals surface area (Å²) in [5.41, 5.74) is 1.00. The molecular formula is C13H17N3O. The third-order valence-corrected chi connectivity index (χ3v) is 2.45. The Morgan fingerprint density at radius 1 is 1.24 bits per heavy atom. The van der Waals surface area contributed by atoms with E-state index in [1.807, 2.05) is 36.2 Å². The smallest absolute Gasteiger partial charge is 0.147 e. The van der Waals surface area contributed by atoms with Gasteiger partial charge in [-0.25, -0.2) is 4.98 Å². The fourth-order valence-corrected chi connectivity index (χ4v) is 1.79. The van der Waals surface area contributed by atoms with E-state index in [4.69, 9.17) is 0 Å². The number of para-hydroxylation sites is 2. The summed E-state index contributed by atoms with van der Waals surface area (Å²) >= 11 is 0. The van der Waals surface area contributed by atoms with Crippen LogP contribution >= 0.6 is 0 Å². The molecule has 0 bridgehead atoms. The predicted octanol–water partition coefficient (Wildman–Crippen LogP) is 1.84. The summed E-state index contributed by atoms with van der Waals surface area (Å²) in [7, 11) is 1.90. The number of benzene rings is 1. The Morgan fingerprint density at radius 3 is 2.53 bits per heavy atom. The third-order valence-electron chi connectivity index (χ3n) is 2.45. The first-order chi connectivity index (χ1) is 7.96. The second kappa shape index (κ2) is 4.30. The summed E-state index contributed by atoms with van der Waals surface area (Å²) in [6.07, 6.45) is 1.73. The van der Waals surface area contributed by atoms with Crippen LogP contribution in [0.15, 0.2) is 30.5 Å². The van der Waals surface area contributed by atoms with Gasteiger partial charge in [-0.1, -0.05) is 12.1 Å². The van der Waals surface area contributed by atoms with Gasteiger partial charge in [0.1, 0.15) is 5.82 Å². The van der Waals surface area contributed by atoms with Crippen molar-refractivity contribution in [2.45, 2.75) is 19.4 Å². The van der Waals surface area contributed by atoms with Crippen molar-refractivity contribution in [3.05, 3.63) is 30.5 Å². The first-order valence-corrected chi connectivity index (χ1v) is 5.61. The molecule has 0 aliphatic carbocycles. The van der Waals surface area contributed by atoms with Gasteiger partial charge in [0.05, 0.1) is 22.8 Å². The number of likely N-dealkylation sites (N-methyl/N-ethyl adjacent to an activating group) is 1. The van der Waals surface area contributed by atoms with Crippen LogP contribution in [0.5, 0.6) is 0 Å². The fraction of sp³-hybridized carbons (Fsp3) is 0.385. The van der Waals surface area contributed by atoms with E-state index in [0.29, 0.717) is 6.54 Å². The molecule has 0 radical (unpaired) electrons. The van der Waals surface area contributed by atoms with Crippen molar-refractivity contribution in [1.82, 2.24) is 9.97 Å². The molecule has 0 aliphatic heterocycles. The number of hydrogen-bond acceptors (Lipinski definition) is 4. The zero-order chi connectivity index (χ0) is 12.5. The standard InChI is InChI=1S/C13H17N3O/c1-13(2,17)9-16(3)12-8-14-10-6-4-5-7-11(10)15-12/h4-8,17H,9H2,1-3H3. The number of fused-ring (bicyclic) bond motifs is 1. The third kappa shape index (κ3) is 2.91. The average molecular weight is 231 g/mol. The summed E-state index contributed by atoms with van der Waals surface area (Å²) in [5, 5.41) is 9.77. The number of aliphatic hydroxyl groups is 1. The van der Waals surface area contributed by atoms with Gasteiger partial charge in [-0.3, -0.25) is 4.98 Å². The Labute approximate surface area is 101 Å². The zero-order valence-corrected chi connectivity index (χ0v) is 10.4. The molecule has 0 saturated heterocycles. The molecule has 4 nitrogen and oxygen atoms in total. The molecule has 1 aromatic heterocycles. The summed E-state index contributed by atoms with van der Waals surface area (Å²) in [6.45, 7) is 4.07. The van der Waals surface area contributed by atoms with Gasteiger partial charge in [-0.15, -0.1) is 0 Å². The van der Waals surface area contributed by atoms with Crippen LogP contribution in [-0.4, -0.2) is 34.3 Å². The first kappa shape index (κ1) is 11.8. The van der Waals surface area contributed by atoms with Gasteiger partial charge in [0.25, 0.3) is 0 Å². The summed E-state index contributed by atoms with van der Waals surface area (Å²) in [4.78, 5) is 10.8. The molecule has 4 heteroatoms. The van der Waals surface area contributed by atoms with Crippen LogP contribution in [0.2, 0.25) is 0 Å². The molecule has 2 rings (SSSR count). The first-order valence-electron chi connectivity index (χ1n) is 5.61. The minimum Gasteiger partial charge on any atom is -0.389 e. The highest BCUT2D eigenvalue weighted by atomic mass is 16.3. The molecule has 0 aliphatic rings. The van der Waals surface area contributed by atoms with Crippen molar-refractivity contribution < 1.29 is 5.11 Å². The lowest BCUT2D eigenvalue weighted by atomic mass is 10.1. The molecule has 0 saturated carbocycles. The lowest BCUT2D eigenvalue weighted by Crippen LogP contribution is -2.36. The normalized spacial score (nSPS) is 11.8. The van der Waals surface area contributed by atoms with Crippen molar-refractivity contribution in [1.29, 1.82) is 0 Å². The summed E-state index contributed by atoms with van der Waals surface area (Å²) in [6, 6.07) is 7.75. The Balaban J connectivity index is 2.30. The van der Waals surface area contributed by atoms with Gasteiger partial charge < -0.3 is 10.0 Å². The van der Waals surface area contributed by atoms with Crippen molar-refractivity contribution in [3.8, 4) is 0 Å². The minimum atomic E-state index is -0.748. The second-order valence-electron chi connectivity index (χ2n) is 4.89. The zero-order valence-electron chi connectivity index (χ0n) is 10.4. The maximum absolute atomic E-state index is 9.77. The second-order valence-corrected chi connectivity index (χ2v) is 4.89. The van der Waals surface area contributed by atoms with Gasteiger partial charge in [-0.05, 0) is 26.0 Å². The number of rotatable bonds is 3. The van der Waals surface area contributed by atoms with Gasteiger partial charge in [0, 0.05) is 13.6 Å². The van der Waals surface area contributed by atoms with E-state index >= 15 is 0 Å². The van der Waals surface area contributed by atoms with E-state index in [0.717, 1.165) is 16.9 Å². The van der Waals surface area contributed by atoms with Gasteiger partial charge in [-0.2, -0.15) is 0 Å². The number of nitrogens with zero attached hydrogens (tertiary/aromatic N) is 3. The Bertz CT molecular complexity index is 519. The topological polar surface area (TPSA) is 49.2 Å². The molecule has 1 aromatic carbocycles. The average Bonchev–Trinajstić information content (AvgIpc) is 2.26. The number of hydrogen-bond donors (Lipinski definition) is 1. The van der Waals surface area contributed by atoms with Crippen LogP contribution in [0.25, 0.3) is 11.0 Å². The van der Waals surface area contributed by atoms with Crippen LogP contribution in [0.3, 0.4) is 0 Å². The highest BCUT2D eigenvalue weighted by Crippen LogP contribution is 2.15. The summed E-state index contributed by atoms with van der Waals surface area (Å²) in [5.74, 6) is 0.769. The molecule has 0 fully saturated rings. The van der Waals surface area contributed by atoms with E-state index in [-0.39, 0.29) is 0 Å². The van der Waals surface area contributed by atoms with Crippen LogP contribution in [-0.2, 0) is 0 Å². The SMILES string of the molecule is CN(CC(C)(C)O)c1cnc2ccccc2n1. The minimum absolute atomic E-state index is 0.514. The number of anilines is 1. The van der Waals surface area contributed by atoms with Crippen molar-refractivity contribution in [3.63, 3.8) is 0 Å². The molecule has 17 heavy (non-hydrogen) atoms. The largest absolute Gasteiger partial charge is 0.389 e. The highest BCUT2D eigenvalue weighted by Gasteiger charge is 2.16. The quantitative estimate of drug-likeness (QED) is 0.875. The van der Waals surface area contributed by atoms with Gasteiger partial charge in [0.15, 0.2) is 0 Å². The van der Waals surface area contributed by atoms with Crippen LogP contribution < -0.4 is 4.90 Å². The van der Waals surface area contributed by atoms with Gasteiger partial charge >= 0.3 is 0 Å². The lowest BCUT2D eigenvalue weighted by Gasteiger charge is -2.26. The molecule has 0 spiro atoms. The maximum Gasteiger partial charge on any atom is 0.147 e. The van der Waals surface area contributed by atoms with Crippen LogP contribution in [0.4, 0.5) is 5.82 Å². The fourth-order valence-electron chi connectivity index (χ4n) is 1.79. The predicted molar refractivity (Wildman–Crippen MR) is 69.1 cm³/mol. The van der Waals surface area contributed by atoms with E-state index in [2.05, 4.69) is 9.97 Å².